The Hall–Kier alpha value is -1.14. The molecule has 0 spiro atoms. The SMILES string of the molecule is CCCCCCC(C)OC(=O)C(=C(F)F)C(F)(F)F. The van der Waals surface area contributed by atoms with Gasteiger partial charge in [-0.05, 0) is 19.8 Å². The van der Waals surface area contributed by atoms with E-state index in [-0.39, 0.29) is 0 Å². The van der Waals surface area contributed by atoms with Crippen LogP contribution in [0.4, 0.5) is 22.0 Å². The summed E-state index contributed by atoms with van der Waals surface area (Å²) in [6.07, 6.45) is -5.46. The summed E-state index contributed by atoms with van der Waals surface area (Å²) in [5.41, 5.74) is -2.52. The lowest BCUT2D eigenvalue weighted by molar-refractivity contribution is -0.156. The minimum Gasteiger partial charge on any atom is -0.459 e. The van der Waals surface area contributed by atoms with Gasteiger partial charge in [0.1, 0.15) is 0 Å². The number of halogens is 5. The van der Waals surface area contributed by atoms with E-state index in [4.69, 9.17) is 0 Å². The van der Waals surface area contributed by atoms with Gasteiger partial charge in [-0.3, -0.25) is 0 Å². The molecule has 0 aliphatic carbocycles. The number of esters is 1. The fourth-order valence-electron chi connectivity index (χ4n) is 1.46. The molecular weight excluding hydrogens is 271 g/mol. The van der Waals surface area contributed by atoms with Crippen LogP contribution in [0.2, 0.25) is 0 Å². The van der Waals surface area contributed by atoms with Gasteiger partial charge in [0.05, 0.1) is 6.10 Å². The van der Waals surface area contributed by atoms with Gasteiger partial charge >= 0.3 is 12.1 Å². The Morgan fingerprint density at radius 2 is 1.74 bits per heavy atom. The molecule has 112 valence electrons. The van der Waals surface area contributed by atoms with E-state index in [1.54, 1.807) is 0 Å². The van der Waals surface area contributed by atoms with Crippen LogP contribution in [-0.4, -0.2) is 18.2 Å². The van der Waals surface area contributed by atoms with Gasteiger partial charge in [0.15, 0.2) is 0 Å². The molecule has 0 aromatic heterocycles. The Balaban J connectivity index is 4.39. The predicted octanol–water partition coefficient (Wildman–Crippen LogP) is 4.60. The summed E-state index contributed by atoms with van der Waals surface area (Å²) < 4.78 is 65.2. The van der Waals surface area contributed by atoms with Crippen LogP contribution >= 0.6 is 0 Å². The zero-order valence-electron chi connectivity index (χ0n) is 10.8. The minimum atomic E-state index is -5.40. The average molecular weight is 288 g/mol. The number of unbranched alkanes of at least 4 members (excludes halogenated alkanes) is 3. The van der Waals surface area contributed by atoms with Gasteiger partial charge in [0.25, 0.3) is 6.08 Å². The van der Waals surface area contributed by atoms with E-state index >= 15 is 0 Å². The molecule has 0 heterocycles. The summed E-state index contributed by atoms with van der Waals surface area (Å²) in [5, 5.41) is 0. The van der Waals surface area contributed by atoms with Crippen LogP contribution in [0.1, 0.15) is 46.0 Å². The van der Waals surface area contributed by atoms with Crippen LogP contribution in [-0.2, 0) is 9.53 Å². The van der Waals surface area contributed by atoms with Gasteiger partial charge in [0, 0.05) is 0 Å². The summed E-state index contributed by atoms with van der Waals surface area (Å²) in [6, 6.07) is 0. The molecule has 0 aromatic carbocycles. The fourth-order valence-corrected chi connectivity index (χ4v) is 1.46. The van der Waals surface area contributed by atoms with E-state index in [2.05, 4.69) is 4.74 Å². The number of hydrogen-bond donors (Lipinski definition) is 0. The molecule has 0 aliphatic rings. The molecule has 0 bridgehead atoms. The smallest absolute Gasteiger partial charge is 0.428 e. The molecule has 0 fully saturated rings. The topological polar surface area (TPSA) is 26.3 Å². The maximum Gasteiger partial charge on any atom is 0.428 e. The zero-order chi connectivity index (χ0) is 15.1. The van der Waals surface area contributed by atoms with Crippen molar-refractivity contribution in [3.8, 4) is 0 Å². The molecule has 0 rings (SSSR count). The minimum absolute atomic E-state index is 0.352. The van der Waals surface area contributed by atoms with Crippen molar-refractivity contribution >= 4 is 5.97 Å². The normalized spacial score (nSPS) is 13.0. The molecule has 0 saturated heterocycles. The highest BCUT2D eigenvalue weighted by molar-refractivity contribution is 5.90. The standard InChI is InChI=1S/C12H17F5O2/c1-3-4-5-6-7-8(2)19-11(18)9(10(13)14)12(15,16)17/h8H,3-7H2,1-2H3. The monoisotopic (exact) mass is 288 g/mol. The van der Waals surface area contributed by atoms with Gasteiger partial charge in [-0.2, -0.15) is 22.0 Å². The van der Waals surface area contributed by atoms with Gasteiger partial charge < -0.3 is 4.74 Å². The second-order valence-corrected chi connectivity index (χ2v) is 4.20. The summed E-state index contributed by atoms with van der Waals surface area (Å²) in [5.74, 6) is -2.02. The summed E-state index contributed by atoms with van der Waals surface area (Å²) >= 11 is 0. The second-order valence-electron chi connectivity index (χ2n) is 4.20. The number of ether oxygens (including phenoxy) is 1. The quantitative estimate of drug-likeness (QED) is 0.296. The molecule has 2 nitrogen and oxygen atoms in total. The van der Waals surface area contributed by atoms with Gasteiger partial charge in [-0.15, -0.1) is 0 Å². The lowest BCUT2D eigenvalue weighted by Gasteiger charge is -2.15. The number of carbonyl (C=O) groups excluding carboxylic acids is 1. The molecule has 0 N–H and O–H groups in total. The molecule has 0 saturated carbocycles. The van der Waals surface area contributed by atoms with Crippen molar-refractivity contribution in [2.24, 2.45) is 0 Å². The van der Waals surface area contributed by atoms with Crippen LogP contribution < -0.4 is 0 Å². The zero-order valence-corrected chi connectivity index (χ0v) is 10.8. The Morgan fingerprint density at radius 3 is 2.16 bits per heavy atom. The lowest BCUT2D eigenvalue weighted by atomic mass is 10.1. The maximum atomic E-state index is 12.2. The molecule has 19 heavy (non-hydrogen) atoms. The van der Waals surface area contributed by atoms with Crippen molar-refractivity contribution in [3.63, 3.8) is 0 Å². The number of carbonyl (C=O) groups is 1. The van der Waals surface area contributed by atoms with Crippen LogP contribution in [0.15, 0.2) is 11.7 Å². The summed E-state index contributed by atoms with van der Waals surface area (Å²) in [7, 11) is 0. The third kappa shape index (κ3) is 7.12. The van der Waals surface area contributed by atoms with Crippen LogP contribution in [0.25, 0.3) is 0 Å². The Labute approximate surface area is 108 Å². The van der Waals surface area contributed by atoms with Crippen LogP contribution in [0.5, 0.6) is 0 Å². The second kappa shape index (κ2) is 8.12. The van der Waals surface area contributed by atoms with Crippen molar-refractivity contribution in [2.45, 2.75) is 58.2 Å². The third-order valence-corrected chi connectivity index (χ3v) is 2.45. The Kier molecular flexibility index (Phi) is 7.63. The van der Waals surface area contributed by atoms with Crippen LogP contribution in [0, 0.1) is 0 Å². The summed E-state index contributed by atoms with van der Waals surface area (Å²) in [6.45, 7) is 3.38. The molecule has 7 heteroatoms. The molecule has 1 unspecified atom stereocenters. The first-order valence-corrected chi connectivity index (χ1v) is 6.03. The van der Waals surface area contributed by atoms with Crippen molar-refractivity contribution < 1.29 is 31.5 Å². The van der Waals surface area contributed by atoms with E-state index in [0.717, 1.165) is 19.3 Å². The number of alkyl halides is 3. The molecule has 0 aromatic rings. The predicted molar refractivity (Wildman–Crippen MR) is 59.6 cm³/mol. The highest BCUT2D eigenvalue weighted by atomic mass is 19.4. The first kappa shape index (κ1) is 17.9. The maximum absolute atomic E-state index is 12.2. The van der Waals surface area contributed by atoms with E-state index in [1.807, 2.05) is 6.92 Å². The van der Waals surface area contributed by atoms with Gasteiger partial charge in [-0.25, -0.2) is 4.79 Å². The van der Waals surface area contributed by atoms with Crippen molar-refractivity contribution in [2.75, 3.05) is 0 Å². The third-order valence-electron chi connectivity index (χ3n) is 2.45. The molecule has 0 aliphatic heterocycles. The van der Waals surface area contributed by atoms with Crippen molar-refractivity contribution in [1.82, 2.24) is 0 Å². The Morgan fingerprint density at radius 1 is 1.16 bits per heavy atom. The van der Waals surface area contributed by atoms with Crippen molar-refractivity contribution in [1.29, 1.82) is 0 Å². The first-order chi connectivity index (χ1) is 8.70. The first-order valence-electron chi connectivity index (χ1n) is 6.03. The highest BCUT2D eigenvalue weighted by Crippen LogP contribution is 2.30. The van der Waals surface area contributed by atoms with E-state index in [9.17, 15) is 26.7 Å². The van der Waals surface area contributed by atoms with E-state index < -0.39 is 29.9 Å². The molecule has 0 amide bonds. The molecule has 0 radical (unpaired) electrons. The summed E-state index contributed by atoms with van der Waals surface area (Å²) in [4.78, 5) is 11.1. The van der Waals surface area contributed by atoms with Gasteiger partial charge in [-0.1, -0.05) is 26.2 Å². The number of rotatable bonds is 7. The fraction of sp³-hybridized carbons (Fsp3) is 0.750. The number of hydrogen-bond acceptors (Lipinski definition) is 2. The van der Waals surface area contributed by atoms with Gasteiger partial charge in [0.2, 0.25) is 5.57 Å². The van der Waals surface area contributed by atoms with E-state index in [0.29, 0.717) is 12.8 Å². The average Bonchev–Trinajstić information content (AvgIpc) is 2.21. The molecule has 1 atom stereocenters. The Bertz CT molecular complexity index is 319. The highest BCUT2D eigenvalue weighted by Gasteiger charge is 2.44. The van der Waals surface area contributed by atoms with Crippen LogP contribution in [0.3, 0.4) is 0 Å². The lowest BCUT2D eigenvalue weighted by Crippen LogP contribution is -2.26. The van der Waals surface area contributed by atoms with Crippen molar-refractivity contribution in [3.05, 3.63) is 11.7 Å². The largest absolute Gasteiger partial charge is 0.459 e. The van der Waals surface area contributed by atoms with E-state index in [1.165, 1.54) is 6.92 Å². The molecular formula is C12H17F5O2.